The van der Waals surface area contributed by atoms with E-state index < -0.39 is 44.9 Å². The molecule has 38 nitrogen and oxygen atoms in total. The number of ketones is 2. The number of rotatable bonds is 16. The molecular formula is C105H122N22O16S6. The standard InChI is InChI=1S/C24H26N4O3S.C19H18N4OS.C16H21N3O4S.C16H23N3O2S.C11H13N3O2S.C10H11N3O2S.C9H10N2O2/c1-24(2,3)31-23(30)28-22(32-5)27-19-10-8-16-7-6-15(12-18(16)19)13-21(29)20-11-9-17(25-4)14-26-20;1-21-14-6-8-17(22-11-14)18(24)10-12-3-4-13-5-7-16(15(13)9-12)23-19(20)25-2;1-16(2,3)23-15(20)18-14(24-4)17-13-8-6-10-5-7-11(19(21)22)9-12(10)13;1-16(2,3)21-15(20)19-14(22-4)18-13-8-6-10-5-7-11(17)9-12(10)13;1-17-11(12)13-10-5-3-7-2-4-8(14(15)16)6-9(7)10;11-10(16)12-9-4-2-6-1-3-7(13(14)15)5-8(6)9;10-9-4-2-6-1-3-7(11(12)13)5-8(6)9/h6-7,9,11-12,14,19H,8,10,13H2,1-3,5H3,(H,27,28,30);3-4,6,8-9,11,16H,5,7,10H2,2H3,(H2,20,23);5,7,9,13H,6,8H2,1-4H3,(H,17,18,20);5,7,9,13H,6,8,17H2,1-4H3,(H,18,19,20);2,4,6,10H,3,5H2,1H3,(H2,12,13);1,3,5,9H,2,4H2,(H3,11,12,16);1,3,5,9H,2,4,10H2. The molecule has 0 spiro atoms. The number of aromatic nitrogens is 2. The summed E-state index contributed by atoms with van der Waals surface area (Å²) in [6.07, 6.45) is 23.6. The second-order valence-electron chi connectivity index (χ2n) is 38.0. The number of aliphatic imine (C=N–C) groups is 5. The summed E-state index contributed by atoms with van der Waals surface area (Å²) < 4.78 is 15.8. The van der Waals surface area contributed by atoms with E-state index in [1.807, 2.05) is 109 Å². The Morgan fingerprint density at radius 1 is 0.403 bits per heavy atom. The summed E-state index contributed by atoms with van der Waals surface area (Å²) in [6.45, 7) is 30.2. The number of ether oxygens (including phenoxy) is 3. The summed E-state index contributed by atoms with van der Waals surface area (Å²) in [5.74, 6) is -0.158. The summed E-state index contributed by atoms with van der Waals surface area (Å²) in [4.78, 5) is 140. The molecule has 14 N–H and O–H groups in total. The van der Waals surface area contributed by atoms with Gasteiger partial charge in [0.05, 0.1) is 69.1 Å². The van der Waals surface area contributed by atoms with Crippen LogP contribution in [0.15, 0.2) is 189 Å². The minimum Gasteiger partial charge on any atom is -0.444 e. The summed E-state index contributed by atoms with van der Waals surface area (Å²) in [6, 6.07) is 44.0. The fourth-order valence-corrected chi connectivity index (χ4v) is 18.9. The van der Waals surface area contributed by atoms with E-state index in [0.717, 1.165) is 162 Å². The summed E-state index contributed by atoms with van der Waals surface area (Å²) in [5, 5.41) is 56.7. The van der Waals surface area contributed by atoms with Crippen LogP contribution in [-0.4, -0.2) is 139 Å². The van der Waals surface area contributed by atoms with E-state index >= 15 is 0 Å². The molecule has 0 fully saturated rings. The van der Waals surface area contributed by atoms with Crippen LogP contribution in [0.5, 0.6) is 0 Å². The van der Waals surface area contributed by atoms with Crippen LogP contribution in [0.25, 0.3) is 9.69 Å². The van der Waals surface area contributed by atoms with Crippen molar-refractivity contribution in [3.8, 4) is 0 Å². The van der Waals surface area contributed by atoms with Gasteiger partial charge in [0, 0.05) is 85.5 Å². The van der Waals surface area contributed by atoms with Gasteiger partial charge < -0.3 is 48.2 Å². The fourth-order valence-electron chi connectivity index (χ4n) is 17.1. The highest BCUT2D eigenvalue weighted by Crippen LogP contribution is 2.43. The molecule has 2 aromatic heterocycles. The first kappa shape index (κ1) is 117. The number of benzene rings is 7. The van der Waals surface area contributed by atoms with E-state index in [4.69, 9.17) is 73.2 Å². The van der Waals surface area contributed by atoms with Gasteiger partial charge in [-0.25, -0.2) is 24.1 Å². The third kappa shape index (κ3) is 35.2. The smallest absolute Gasteiger partial charge is 0.413 e. The highest BCUT2D eigenvalue weighted by atomic mass is 32.2. The number of non-ortho nitro benzene ring substituents is 4. The Hall–Kier alpha value is -14.3. The number of nitro groups is 4. The predicted molar refractivity (Wildman–Crippen MR) is 596 cm³/mol. The first-order valence-electron chi connectivity index (χ1n) is 47.5. The number of hydrogen-bond acceptors (Lipinski definition) is 31. The molecule has 7 aliphatic rings. The summed E-state index contributed by atoms with van der Waals surface area (Å²) in [5.41, 5.74) is 46.8. The Kier molecular flexibility index (Phi) is 42.3. The van der Waals surface area contributed by atoms with Crippen molar-refractivity contribution in [2.75, 3.05) is 37.0 Å². The van der Waals surface area contributed by atoms with Crippen LogP contribution >= 0.6 is 71.0 Å². The van der Waals surface area contributed by atoms with Gasteiger partial charge in [0.1, 0.15) is 28.2 Å². The first-order valence-corrected chi connectivity index (χ1v) is 54.0. The maximum atomic E-state index is 12.6. The average molecular weight is 2140 g/mol. The number of alkyl carbamates (subject to hydrolysis) is 3. The van der Waals surface area contributed by atoms with Gasteiger partial charge in [0.15, 0.2) is 42.5 Å². The number of nitro benzene ring substituents is 4. The Bertz CT molecular complexity index is 6710. The fraction of sp³-hybridized carbons (Fsp3) is 0.381. The molecule has 0 bridgehead atoms. The minimum atomic E-state index is -0.589. The lowest BCUT2D eigenvalue weighted by Gasteiger charge is -2.20. The van der Waals surface area contributed by atoms with Gasteiger partial charge in [-0.1, -0.05) is 138 Å². The molecule has 16 rings (SSSR count). The van der Waals surface area contributed by atoms with Gasteiger partial charge >= 0.3 is 18.3 Å². The Labute approximate surface area is 891 Å². The van der Waals surface area contributed by atoms with Crippen LogP contribution in [0, 0.1) is 53.6 Å². The molecule has 0 saturated heterocycles. The number of Topliss-reactive ketones (excluding diaryl/α,β-unsaturated/α-hetero) is 2. The normalized spacial score (nSPS) is 17.4. The maximum Gasteiger partial charge on any atom is 0.413 e. The lowest BCUT2D eigenvalue weighted by molar-refractivity contribution is -0.385. The third-order valence-electron chi connectivity index (χ3n) is 24.0. The number of hydrogen-bond donors (Lipinski definition) is 9. The number of fused-ring (bicyclic) bond motifs is 7. The number of aryl methyl sites for hydroxylation is 7. The van der Waals surface area contributed by atoms with E-state index in [9.17, 15) is 64.4 Å². The number of thioether (sulfide) groups is 5. The number of thiocarbonyl (C=S) groups is 1. The van der Waals surface area contributed by atoms with Crippen LogP contribution < -0.4 is 49.9 Å². The lowest BCUT2D eigenvalue weighted by atomic mass is 10.0. The molecule has 7 aromatic carbocycles. The monoisotopic (exact) mass is 2140 g/mol. The van der Waals surface area contributed by atoms with Gasteiger partial charge in [-0.2, -0.15) is 0 Å². The molecule has 7 unspecified atom stereocenters. The highest BCUT2D eigenvalue weighted by Gasteiger charge is 2.33. The zero-order chi connectivity index (χ0) is 109. The SMILES string of the molecule is CSC(=NC1CCc2ccc(N)cc21)NC(=O)OC(C)(C)C.CSC(=NC1CCc2ccc([N+](=O)[O-])cc21)NC(=O)OC(C)(C)C.CSC(N)=NC1CCc2ccc([N+](=O)[O-])cc21.NC(=S)NC1CCc2ccc([N+](=O)[O-])cc21.NC1CCc2ccc([N+](=O)[O-])cc21.[C-]#[N+]c1ccc(C(=O)Cc2ccc3c(c2)C(N=C(N)SC)CC3)nc1.[C-]#[N+]c1ccc(C(=O)Cc2ccc3c(c2)C(N=C(NC(=O)OC(C)(C)C)SC)CC3)nc1. The number of pyridine rings is 2. The number of carbonyl (C=O) groups excluding carboxylic acids is 5. The number of nitrogens with zero attached hydrogens (tertiary/aromatic N) is 13. The van der Waals surface area contributed by atoms with E-state index in [-0.39, 0.29) is 104 Å². The van der Waals surface area contributed by atoms with Crippen LogP contribution in [0.1, 0.15) is 260 Å². The summed E-state index contributed by atoms with van der Waals surface area (Å²) in [7, 11) is 0. The van der Waals surface area contributed by atoms with E-state index in [2.05, 4.69) is 79.1 Å². The quantitative estimate of drug-likeness (QED) is 0.00499. The molecule has 9 aromatic rings. The zero-order valence-corrected chi connectivity index (χ0v) is 90.0. The molecule has 7 aliphatic carbocycles. The van der Waals surface area contributed by atoms with Crippen molar-refractivity contribution in [2.45, 2.75) is 224 Å². The maximum absolute atomic E-state index is 12.6. The van der Waals surface area contributed by atoms with Crippen molar-refractivity contribution >= 4 is 172 Å². The van der Waals surface area contributed by atoms with Crippen LogP contribution in [0.3, 0.4) is 0 Å². The Morgan fingerprint density at radius 3 is 1.00 bits per heavy atom. The lowest BCUT2D eigenvalue weighted by Crippen LogP contribution is -2.35. The molecule has 7 atom stereocenters. The third-order valence-corrected chi connectivity index (χ3v) is 26.9. The van der Waals surface area contributed by atoms with Crippen molar-refractivity contribution in [3.63, 3.8) is 0 Å². The molecule has 44 heteroatoms. The van der Waals surface area contributed by atoms with E-state index in [0.29, 0.717) is 48.6 Å². The topological polar surface area (TPSA) is 560 Å². The van der Waals surface area contributed by atoms with Crippen molar-refractivity contribution in [2.24, 2.45) is 47.9 Å². The second kappa shape index (κ2) is 54.1. The molecular weight excluding hydrogens is 2020 g/mol. The predicted octanol–water partition coefficient (Wildman–Crippen LogP) is 21.6. The molecule has 3 amide bonds. The van der Waals surface area contributed by atoms with Gasteiger partial charge in [0.2, 0.25) is 11.4 Å². The largest absolute Gasteiger partial charge is 0.444 e. The number of amidine groups is 5. The number of amides is 3. The number of nitrogens with one attached hydrogen (secondary N) is 4. The van der Waals surface area contributed by atoms with Gasteiger partial charge in [-0.3, -0.25) is 101 Å². The van der Waals surface area contributed by atoms with Crippen molar-refractivity contribution < 1.29 is 57.9 Å². The van der Waals surface area contributed by atoms with E-state index in [1.165, 1.54) is 112 Å². The Morgan fingerprint density at radius 2 is 0.691 bits per heavy atom. The first-order chi connectivity index (χ1) is 70.6. The number of anilines is 1. The summed E-state index contributed by atoms with van der Waals surface area (Å²) >= 11 is 11.7. The minimum absolute atomic E-state index is 0.00685. The number of nitrogen functional groups attached to an aromatic ring is 1. The number of nitrogens with two attached hydrogens (primary N) is 5. The van der Waals surface area contributed by atoms with Crippen LogP contribution in [0.2, 0.25) is 0 Å². The van der Waals surface area contributed by atoms with E-state index in [1.54, 1.807) is 99.8 Å². The molecule has 0 aliphatic heterocycles. The molecule has 149 heavy (non-hydrogen) atoms. The van der Waals surface area contributed by atoms with Gasteiger partial charge in [-0.05, 0) is 309 Å². The van der Waals surface area contributed by atoms with Crippen LogP contribution in [-0.2, 0) is 72.0 Å². The molecule has 0 saturated carbocycles. The van der Waals surface area contributed by atoms with Crippen molar-refractivity contribution in [3.05, 3.63) is 328 Å². The van der Waals surface area contributed by atoms with Gasteiger partial charge in [0.25, 0.3) is 22.7 Å². The Balaban J connectivity index is 0.000000180. The average Bonchev–Trinajstić information content (AvgIpc) is 1.72. The number of carbonyl (C=O) groups is 5. The van der Waals surface area contributed by atoms with Crippen molar-refractivity contribution in [1.29, 1.82) is 0 Å². The van der Waals surface area contributed by atoms with Crippen molar-refractivity contribution in [1.82, 2.24) is 31.2 Å². The second-order valence-corrected chi connectivity index (χ2v) is 42.4. The molecule has 0 radical (unpaired) electrons. The molecule has 2 heterocycles. The highest BCUT2D eigenvalue weighted by molar-refractivity contribution is 8.14. The zero-order valence-electron chi connectivity index (χ0n) is 85.1. The molecule has 784 valence electrons. The van der Waals surface area contributed by atoms with Gasteiger partial charge in [-0.15, -0.1) is 0 Å². The van der Waals surface area contributed by atoms with Crippen LogP contribution in [0.4, 0.5) is 54.2 Å².